The molecule has 0 saturated carbocycles. The number of aryl methyl sites for hydroxylation is 1. The van der Waals surface area contributed by atoms with Gasteiger partial charge in [-0.05, 0) is 30.2 Å². The van der Waals surface area contributed by atoms with E-state index < -0.39 is 0 Å². The number of amides is 1. The second kappa shape index (κ2) is 7.84. The van der Waals surface area contributed by atoms with Crippen molar-refractivity contribution in [2.75, 3.05) is 19.5 Å². The molecule has 4 rings (SSSR count). The third-order valence-corrected chi connectivity index (χ3v) is 5.06. The fourth-order valence-corrected chi connectivity index (χ4v) is 3.60. The highest BCUT2D eigenvalue weighted by Gasteiger charge is 2.16. The molecular weight excluding hydrogens is 392 g/mol. The molecule has 1 N–H and O–H groups in total. The average molecular weight is 410 g/mol. The Morgan fingerprint density at radius 3 is 2.79 bits per heavy atom. The Kier molecular flexibility index (Phi) is 5.09. The normalized spacial score (nSPS) is 10.9. The maximum absolute atomic E-state index is 12.6. The summed E-state index contributed by atoms with van der Waals surface area (Å²) in [6.45, 7) is 1.91. The lowest BCUT2D eigenvalue weighted by molar-refractivity contribution is 0.102. The van der Waals surface area contributed by atoms with Crippen LogP contribution in [-0.4, -0.2) is 44.9 Å². The molecule has 0 atom stereocenters. The van der Waals surface area contributed by atoms with Crippen molar-refractivity contribution in [3.63, 3.8) is 0 Å². The summed E-state index contributed by atoms with van der Waals surface area (Å²) in [5, 5.41) is 16.3. The van der Waals surface area contributed by atoms with Crippen LogP contribution in [0.1, 0.15) is 26.5 Å². The molecule has 0 aliphatic carbocycles. The van der Waals surface area contributed by atoms with Gasteiger partial charge >= 0.3 is 0 Å². The minimum atomic E-state index is -0.329. The third-order valence-electron chi connectivity index (χ3n) is 4.22. The van der Waals surface area contributed by atoms with Crippen molar-refractivity contribution >= 4 is 28.0 Å². The molecule has 10 heteroatoms. The number of nitrogens with zero attached hydrogens (tertiary/aromatic N) is 5. The Morgan fingerprint density at radius 2 is 2.00 bits per heavy atom. The Balaban J connectivity index is 1.48. The SMILES string of the molecule is COc1ccc(Cc2nnc(NC(=O)c3cnn4cc(C)cnc34)s2)cc1OC. The number of anilines is 1. The fourth-order valence-electron chi connectivity index (χ4n) is 2.83. The van der Waals surface area contributed by atoms with Crippen molar-refractivity contribution in [3.05, 3.63) is 58.5 Å². The van der Waals surface area contributed by atoms with Crippen LogP contribution in [0.15, 0.2) is 36.8 Å². The lowest BCUT2D eigenvalue weighted by atomic mass is 10.1. The highest BCUT2D eigenvalue weighted by atomic mass is 32.1. The minimum Gasteiger partial charge on any atom is -0.493 e. The van der Waals surface area contributed by atoms with E-state index in [0.717, 1.165) is 16.1 Å². The van der Waals surface area contributed by atoms with Crippen molar-refractivity contribution in [2.45, 2.75) is 13.3 Å². The molecule has 0 bridgehead atoms. The lowest BCUT2D eigenvalue weighted by Crippen LogP contribution is -2.11. The standard InChI is InChI=1S/C19H18N6O3S/c1-11-8-20-17-13(9-21-25(17)10-11)18(26)22-19-24-23-16(29-19)7-12-4-5-14(27-2)15(6-12)28-3/h4-6,8-10H,7H2,1-3H3,(H,22,24,26). The number of nitrogens with one attached hydrogen (secondary N) is 1. The van der Waals surface area contributed by atoms with Crippen LogP contribution < -0.4 is 14.8 Å². The van der Waals surface area contributed by atoms with E-state index in [2.05, 4.69) is 25.6 Å². The van der Waals surface area contributed by atoms with Gasteiger partial charge in [0.25, 0.3) is 5.91 Å². The summed E-state index contributed by atoms with van der Waals surface area (Å²) in [6, 6.07) is 5.68. The zero-order chi connectivity index (χ0) is 20.4. The number of hydrogen-bond acceptors (Lipinski definition) is 8. The molecule has 0 fully saturated rings. The topological polar surface area (TPSA) is 104 Å². The van der Waals surface area contributed by atoms with E-state index in [9.17, 15) is 4.79 Å². The van der Waals surface area contributed by atoms with E-state index in [4.69, 9.17) is 9.47 Å². The van der Waals surface area contributed by atoms with E-state index in [-0.39, 0.29) is 5.91 Å². The molecule has 3 heterocycles. The van der Waals surface area contributed by atoms with E-state index in [1.165, 1.54) is 17.5 Å². The van der Waals surface area contributed by atoms with Crippen molar-refractivity contribution in [3.8, 4) is 11.5 Å². The predicted molar refractivity (Wildman–Crippen MR) is 108 cm³/mol. The largest absolute Gasteiger partial charge is 0.493 e. The molecule has 9 nitrogen and oxygen atoms in total. The summed E-state index contributed by atoms with van der Waals surface area (Å²) >= 11 is 1.31. The van der Waals surface area contributed by atoms with Crippen LogP contribution in [0.25, 0.3) is 5.65 Å². The van der Waals surface area contributed by atoms with Crippen LogP contribution >= 0.6 is 11.3 Å². The molecule has 4 aromatic rings. The minimum absolute atomic E-state index is 0.329. The van der Waals surface area contributed by atoms with Gasteiger partial charge in [0, 0.05) is 18.8 Å². The summed E-state index contributed by atoms with van der Waals surface area (Å²) in [4.78, 5) is 16.9. The van der Waals surface area contributed by atoms with Gasteiger partial charge in [0.05, 0.1) is 20.4 Å². The van der Waals surface area contributed by atoms with Crippen molar-refractivity contribution in [2.24, 2.45) is 0 Å². The maximum atomic E-state index is 12.6. The number of methoxy groups -OCH3 is 2. The molecule has 0 spiro atoms. The van der Waals surface area contributed by atoms with Gasteiger partial charge in [0.15, 0.2) is 17.1 Å². The van der Waals surface area contributed by atoms with Crippen LogP contribution in [0, 0.1) is 6.92 Å². The molecule has 0 aliphatic heterocycles. The van der Waals surface area contributed by atoms with Gasteiger partial charge in [0.1, 0.15) is 10.6 Å². The number of carbonyl (C=O) groups excluding carboxylic acids is 1. The van der Waals surface area contributed by atoms with Crippen LogP contribution in [0.4, 0.5) is 5.13 Å². The van der Waals surface area contributed by atoms with E-state index >= 15 is 0 Å². The van der Waals surface area contributed by atoms with Gasteiger partial charge < -0.3 is 9.47 Å². The molecule has 3 aromatic heterocycles. The first-order chi connectivity index (χ1) is 14.1. The summed E-state index contributed by atoms with van der Waals surface area (Å²) in [5.41, 5.74) is 2.82. The van der Waals surface area contributed by atoms with Crippen LogP contribution in [0.3, 0.4) is 0 Å². The number of aromatic nitrogens is 5. The van der Waals surface area contributed by atoms with Gasteiger partial charge in [-0.1, -0.05) is 17.4 Å². The third kappa shape index (κ3) is 3.87. The van der Waals surface area contributed by atoms with Crippen LogP contribution in [-0.2, 0) is 6.42 Å². The first-order valence-electron chi connectivity index (χ1n) is 8.72. The Bertz CT molecular complexity index is 1190. The summed E-state index contributed by atoms with van der Waals surface area (Å²) < 4.78 is 12.2. The summed E-state index contributed by atoms with van der Waals surface area (Å²) in [5.74, 6) is 0.989. The molecule has 0 unspecified atom stereocenters. The second-order valence-electron chi connectivity index (χ2n) is 6.28. The van der Waals surface area contributed by atoms with E-state index in [1.807, 2.05) is 31.3 Å². The second-order valence-corrected chi connectivity index (χ2v) is 7.34. The number of carbonyl (C=O) groups is 1. The zero-order valence-electron chi connectivity index (χ0n) is 16.0. The van der Waals surface area contributed by atoms with Gasteiger partial charge in [-0.3, -0.25) is 10.1 Å². The van der Waals surface area contributed by atoms with Gasteiger partial charge in [-0.25, -0.2) is 9.50 Å². The molecule has 1 aromatic carbocycles. The molecule has 148 valence electrons. The first-order valence-corrected chi connectivity index (χ1v) is 9.53. The number of rotatable bonds is 6. The molecule has 0 saturated heterocycles. The van der Waals surface area contributed by atoms with Crippen LogP contribution in [0.2, 0.25) is 0 Å². The maximum Gasteiger partial charge on any atom is 0.262 e. The number of ether oxygens (including phenoxy) is 2. The number of fused-ring (bicyclic) bond motifs is 1. The Morgan fingerprint density at radius 1 is 1.17 bits per heavy atom. The van der Waals surface area contributed by atoms with Gasteiger partial charge in [-0.15, -0.1) is 10.2 Å². The Labute approximate surface area is 170 Å². The first kappa shape index (κ1) is 18.8. The molecule has 1 amide bonds. The van der Waals surface area contributed by atoms with Crippen molar-refractivity contribution in [1.82, 2.24) is 24.8 Å². The molecular formula is C19H18N6O3S. The quantitative estimate of drug-likeness (QED) is 0.521. The Hall–Kier alpha value is -3.53. The average Bonchev–Trinajstić information content (AvgIpc) is 3.34. The smallest absolute Gasteiger partial charge is 0.262 e. The predicted octanol–water partition coefficient (Wildman–Crippen LogP) is 2.75. The van der Waals surface area contributed by atoms with E-state index in [0.29, 0.717) is 34.3 Å². The van der Waals surface area contributed by atoms with Crippen molar-refractivity contribution in [1.29, 1.82) is 0 Å². The molecule has 0 radical (unpaired) electrons. The van der Waals surface area contributed by atoms with E-state index in [1.54, 1.807) is 24.9 Å². The highest BCUT2D eigenvalue weighted by molar-refractivity contribution is 7.15. The van der Waals surface area contributed by atoms with Gasteiger partial charge in [0.2, 0.25) is 5.13 Å². The van der Waals surface area contributed by atoms with Crippen LogP contribution in [0.5, 0.6) is 11.5 Å². The number of hydrogen-bond donors (Lipinski definition) is 1. The van der Waals surface area contributed by atoms with Gasteiger partial charge in [-0.2, -0.15) is 5.10 Å². The lowest BCUT2D eigenvalue weighted by Gasteiger charge is -2.08. The molecule has 0 aliphatic rings. The van der Waals surface area contributed by atoms with Crippen molar-refractivity contribution < 1.29 is 14.3 Å². The summed E-state index contributed by atoms with van der Waals surface area (Å²) in [7, 11) is 3.19. The summed E-state index contributed by atoms with van der Waals surface area (Å²) in [6.07, 6.45) is 5.55. The molecule has 29 heavy (non-hydrogen) atoms. The highest BCUT2D eigenvalue weighted by Crippen LogP contribution is 2.29. The fraction of sp³-hybridized carbons (Fsp3) is 0.211. The monoisotopic (exact) mass is 410 g/mol. The number of benzene rings is 1. The zero-order valence-corrected chi connectivity index (χ0v) is 16.9.